The number of hydrogen-bond acceptors (Lipinski definition) is 6. The molecular weight excluding hydrogens is 397 g/mol. The molecule has 3 atom stereocenters. The Bertz CT molecular complexity index is 846. The zero-order valence-corrected chi connectivity index (χ0v) is 18.9. The van der Waals surface area contributed by atoms with E-state index >= 15 is 0 Å². The molecule has 2 heterocycles. The zero-order valence-electron chi connectivity index (χ0n) is 18.9. The van der Waals surface area contributed by atoms with Crippen LogP contribution in [0.3, 0.4) is 0 Å². The van der Waals surface area contributed by atoms with Gasteiger partial charge in [-0.3, -0.25) is 0 Å². The Morgan fingerprint density at radius 3 is 2.58 bits per heavy atom. The third-order valence-corrected chi connectivity index (χ3v) is 5.83. The first-order chi connectivity index (χ1) is 14.6. The minimum absolute atomic E-state index is 0.148. The average molecular weight is 432 g/mol. The van der Waals surface area contributed by atoms with Gasteiger partial charge in [0.2, 0.25) is 0 Å². The maximum absolute atomic E-state index is 14.6. The quantitative estimate of drug-likeness (QED) is 0.249. The Morgan fingerprint density at radius 1 is 1.35 bits per heavy atom. The number of rotatable bonds is 7. The van der Waals surface area contributed by atoms with Gasteiger partial charge in [0.05, 0.1) is 43.4 Å². The summed E-state index contributed by atoms with van der Waals surface area (Å²) in [7, 11) is 0. The molecule has 7 nitrogen and oxygen atoms in total. The largest absolute Gasteiger partial charge is 0.489 e. The zero-order chi connectivity index (χ0) is 22.8. The second-order valence-corrected chi connectivity index (χ2v) is 8.74. The standard InChI is InChI=1S/C23H34FN5O2/c1-14(9-21(26-13-25)29-15(2)11-30-12-16(29)3)22-17(4)20(27-28-22)10-19(24)18(5)31-23(6)7-8-23/h9-10,13,15-16,22,27-28H,1,4,7-8,11-12H2,2-3,5-6H3,(H2,25,26)/b19-18-,20-10+,21-9+/t15-,16+,22-/m0/s1. The molecule has 3 fully saturated rings. The van der Waals surface area contributed by atoms with Gasteiger partial charge in [0, 0.05) is 6.08 Å². The number of morpholine rings is 1. The second kappa shape index (κ2) is 9.28. The molecule has 4 N–H and O–H groups in total. The van der Waals surface area contributed by atoms with Crippen LogP contribution in [0.25, 0.3) is 0 Å². The van der Waals surface area contributed by atoms with E-state index in [0.29, 0.717) is 30.3 Å². The summed E-state index contributed by atoms with van der Waals surface area (Å²) < 4.78 is 26.0. The van der Waals surface area contributed by atoms with Crippen molar-refractivity contribution in [3.63, 3.8) is 0 Å². The fourth-order valence-electron chi connectivity index (χ4n) is 3.80. The molecule has 0 aromatic heterocycles. The van der Waals surface area contributed by atoms with E-state index in [0.717, 1.165) is 18.4 Å². The van der Waals surface area contributed by atoms with Gasteiger partial charge >= 0.3 is 0 Å². The first-order valence-corrected chi connectivity index (χ1v) is 10.6. The van der Waals surface area contributed by atoms with Gasteiger partial charge in [-0.05, 0) is 57.8 Å². The van der Waals surface area contributed by atoms with E-state index in [-0.39, 0.29) is 29.5 Å². The molecule has 1 saturated carbocycles. The number of nitrogens with one attached hydrogen (secondary N) is 2. The highest BCUT2D eigenvalue weighted by Crippen LogP contribution is 2.41. The molecule has 2 saturated heterocycles. The van der Waals surface area contributed by atoms with Crippen LogP contribution in [0.5, 0.6) is 0 Å². The molecule has 0 amide bonds. The predicted molar refractivity (Wildman–Crippen MR) is 121 cm³/mol. The smallest absolute Gasteiger partial charge is 0.162 e. The Hall–Kier alpha value is -2.58. The van der Waals surface area contributed by atoms with Crippen molar-refractivity contribution >= 4 is 6.34 Å². The van der Waals surface area contributed by atoms with Crippen LogP contribution in [-0.4, -0.2) is 48.2 Å². The van der Waals surface area contributed by atoms with E-state index in [1.807, 2.05) is 13.0 Å². The molecule has 3 rings (SSSR count). The summed E-state index contributed by atoms with van der Waals surface area (Å²) >= 11 is 0. The average Bonchev–Trinajstić information content (AvgIpc) is 3.31. The van der Waals surface area contributed by atoms with Crippen LogP contribution in [0.1, 0.15) is 40.5 Å². The van der Waals surface area contributed by atoms with Crippen LogP contribution in [0.4, 0.5) is 4.39 Å². The van der Waals surface area contributed by atoms with Gasteiger partial charge in [-0.15, -0.1) is 0 Å². The van der Waals surface area contributed by atoms with E-state index in [1.54, 1.807) is 6.92 Å². The molecule has 0 bridgehead atoms. The number of hydrazine groups is 1. The fraction of sp³-hybridized carbons (Fsp3) is 0.522. The Kier molecular flexibility index (Phi) is 6.91. The van der Waals surface area contributed by atoms with E-state index in [1.165, 1.54) is 12.4 Å². The van der Waals surface area contributed by atoms with Crippen molar-refractivity contribution in [2.24, 2.45) is 10.7 Å². The van der Waals surface area contributed by atoms with Crippen molar-refractivity contribution < 1.29 is 13.9 Å². The number of aliphatic imine (C=N–C) groups is 1. The number of hydrogen-bond donors (Lipinski definition) is 3. The lowest BCUT2D eigenvalue weighted by Gasteiger charge is -2.40. The molecule has 2 aliphatic heterocycles. The van der Waals surface area contributed by atoms with Crippen molar-refractivity contribution in [3.8, 4) is 0 Å². The SMILES string of the molecule is C=C(/C=C(\N=C/N)N1[C@H](C)COC[C@@H]1C)[C@@H]1NN/C(=C/C(F)=C(\C)OC2(C)CC2)C1=C. The van der Waals surface area contributed by atoms with E-state index in [4.69, 9.17) is 15.2 Å². The Labute approximate surface area is 184 Å². The summed E-state index contributed by atoms with van der Waals surface area (Å²) in [6.07, 6.45) is 6.45. The molecule has 0 unspecified atom stereocenters. The van der Waals surface area contributed by atoms with Crippen molar-refractivity contribution in [3.05, 3.63) is 59.6 Å². The molecule has 31 heavy (non-hydrogen) atoms. The van der Waals surface area contributed by atoms with Gasteiger partial charge in [0.15, 0.2) is 5.83 Å². The van der Waals surface area contributed by atoms with Crippen molar-refractivity contribution in [1.82, 2.24) is 15.8 Å². The van der Waals surface area contributed by atoms with E-state index in [2.05, 4.69) is 47.7 Å². The maximum Gasteiger partial charge on any atom is 0.162 e. The van der Waals surface area contributed by atoms with Crippen LogP contribution in [0, 0.1) is 0 Å². The first kappa shape index (κ1) is 23.1. The monoisotopic (exact) mass is 431 g/mol. The van der Waals surface area contributed by atoms with Crippen molar-refractivity contribution in [1.29, 1.82) is 0 Å². The van der Waals surface area contributed by atoms with E-state index in [9.17, 15) is 4.39 Å². The summed E-state index contributed by atoms with van der Waals surface area (Å²) in [5.41, 5.74) is 13.5. The van der Waals surface area contributed by atoms with Gasteiger partial charge in [0.1, 0.15) is 17.2 Å². The Balaban J connectivity index is 1.75. The normalized spacial score (nSPS) is 30.4. The fourth-order valence-corrected chi connectivity index (χ4v) is 3.80. The Morgan fingerprint density at radius 2 is 2.00 bits per heavy atom. The van der Waals surface area contributed by atoms with Gasteiger partial charge in [0.25, 0.3) is 0 Å². The highest BCUT2D eigenvalue weighted by Gasteiger charge is 2.40. The molecule has 8 heteroatoms. The van der Waals surface area contributed by atoms with Gasteiger partial charge in [-0.25, -0.2) is 14.8 Å². The first-order valence-electron chi connectivity index (χ1n) is 10.6. The van der Waals surface area contributed by atoms with Gasteiger partial charge < -0.3 is 25.5 Å². The van der Waals surface area contributed by atoms with E-state index < -0.39 is 5.83 Å². The third kappa shape index (κ3) is 5.37. The molecule has 0 aromatic carbocycles. The van der Waals surface area contributed by atoms with Gasteiger partial charge in [-0.2, -0.15) is 0 Å². The van der Waals surface area contributed by atoms with Crippen LogP contribution in [0.15, 0.2) is 64.6 Å². The lowest BCUT2D eigenvalue weighted by Crippen LogP contribution is -2.48. The highest BCUT2D eigenvalue weighted by atomic mass is 19.1. The predicted octanol–water partition coefficient (Wildman–Crippen LogP) is 3.17. The minimum Gasteiger partial charge on any atom is -0.489 e. The molecule has 0 radical (unpaired) electrons. The van der Waals surface area contributed by atoms with Crippen LogP contribution < -0.4 is 16.6 Å². The van der Waals surface area contributed by atoms with Crippen LogP contribution in [-0.2, 0) is 9.47 Å². The molecule has 0 spiro atoms. The summed E-state index contributed by atoms with van der Waals surface area (Å²) in [4.78, 5) is 6.53. The second-order valence-electron chi connectivity index (χ2n) is 8.74. The van der Waals surface area contributed by atoms with Crippen LogP contribution >= 0.6 is 0 Å². The molecule has 3 aliphatic rings. The maximum atomic E-state index is 14.6. The molecule has 170 valence electrons. The molecule has 0 aromatic rings. The highest BCUT2D eigenvalue weighted by molar-refractivity contribution is 5.54. The summed E-state index contributed by atoms with van der Waals surface area (Å²) in [5.74, 6) is 0.555. The molecular formula is C23H34FN5O2. The van der Waals surface area contributed by atoms with Gasteiger partial charge in [-0.1, -0.05) is 13.2 Å². The minimum atomic E-state index is -0.426. The number of ether oxygens (including phenoxy) is 2. The number of halogens is 1. The number of allylic oxidation sites excluding steroid dienone is 3. The number of nitrogens with two attached hydrogens (primary N) is 1. The van der Waals surface area contributed by atoms with Crippen molar-refractivity contribution in [2.45, 2.75) is 64.3 Å². The summed E-state index contributed by atoms with van der Waals surface area (Å²) in [6, 6.07) is -0.0124. The molecule has 1 aliphatic carbocycles. The van der Waals surface area contributed by atoms with Crippen LogP contribution in [0.2, 0.25) is 0 Å². The summed E-state index contributed by atoms with van der Waals surface area (Å²) in [6.45, 7) is 17.3. The topological polar surface area (TPSA) is 84.1 Å². The third-order valence-electron chi connectivity index (χ3n) is 5.83. The summed E-state index contributed by atoms with van der Waals surface area (Å²) in [5, 5.41) is 0. The lowest BCUT2D eigenvalue weighted by molar-refractivity contribution is -0.0189. The van der Waals surface area contributed by atoms with Crippen molar-refractivity contribution in [2.75, 3.05) is 13.2 Å². The lowest BCUT2D eigenvalue weighted by atomic mass is 10.00. The number of nitrogens with zero attached hydrogens (tertiary/aromatic N) is 2.